The second-order valence-corrected chi connectivity index (χ2v) is 19.1. The molecular formula is C48H44F2N8O8S2. The average Bonchev–Trinajstić information content (AvgIpc) is 3.98. The Morgan fingerprint density at radius 3 is 1.12 bits per heavy atom. The van der Waals surface area contributed by atoms with E-state index >= 15 is 0 Å². The van der Waals surface area contributed by atoms with Crippen LogP contribution in [0.1, 0.15) is 33.4 Å². The summed E-state index contributed by atoms with van der Waals surface area (Å²) in [6.07, 6.45) is 1.22. The number of hydroxylamine groups is 4. The van der Waals surface area contributed by atoms with E-state index in [2.05, 4.69) is 30.1 Å². The van der Waals surface area contributed by atoms with E-state index in [1.165, 1.54) is 34.4 Å². The molecule has 350 valence electrons. The zero-order valence-electron chi connectivity index (χ0n) is 36.1. The summed E-state index contributed by atoms with van der Waals surface area (Å²) in [7, 11) is -7.58. The van der Waals surface area contributed by atoms with E-state index < -0.39 is 43.6 Å². The number of carbonyl (C=O) groups is 2. The molecule has 8 rings (SSSR count). The topological polar surface area (TPSA) is 200 Å². The molecule has 0 saturated heterocycles. The highest BCUT2D eigenvalue weighted by Gasteiger charge is 2.31. The summed E-state index contributed by atoms with van der Waals surface area (Å²) in [6.45, 7) is 1.21. The average molecular weight is 963 g/mol. The molecule has 2 heterocycles. The minimum absolute atomic E-state index is 0.0167. The van der Waals surface area contributed by atoms with Crippen LogP contribution < -0.4 is 20.1 Å². The Hall–Kier alpha value is -7.52. The van der Waals surface area contributed by atoms with Crippen molar-refractivity contribution in [3.05, 3.63) is 191 Å². The highest BCUT2D eigenvalue weighted by molar-refractivity contribution is 7.89. The smallest absolute Gasteiger partial charge is 0.327 e. The second-order valence-electron chi connectivity index (χ2n) is 15.6. The molecule has 20 heteroatoms. The van der Waals surface area contributed by atoms with E-state index in [1.807, 2.05) is 97.1 Å². The maximum Gasteiger partial charge on any atom is 0.444 e. The number of aliphatic imine (C=N–C) groups is 2. The Bertz CT molecular complexity index is 2830. The van der Waals surface area contributed by atoms with E-state index in [0.29, 0.717) is 37.3 Å². The van der Waals surface area contributed by atoms with Crippen LogP contribution in [0.25, 0.3) is 0 Å². The molecule has 68 heavy (non-hydrogen) atoms. The monoisotopic (exact) mass is 962 g/mol. The Labute approximate surface area is 391 Å². The van der Waals surface area contributed by atoms with Crippen LogP contribution >= 0.6 is 0 Å². The number of hydrogen-bond acceptors (Lipinski definition) is 14. The summed E-state index contributed by atoms with van der Waals surface area (Å²) in [5, 5.41) is 8.62. The minimum atomic E-state index is -3.79. The third-order valence-electron chi connectivity index (χ3n) is 10.6. The van der Waals surface area contributed by atoms with Crippen LogP contribution in [0.2, 0.25) is 0 Å². The standard InChI is InChI=1S/C48H44F2N8O8S2/c49-39-13-21-43(22-14-39)67(61,62)53-31-37-5-1-33(2-6-37)29-35-9-17-41(18-10-35)55-47-51-25-27-57(47)65-45(59)46(60)66-58-28-26-52-48(58)56-42-19-11-36(12-20-42)30-34-3-7-38(8-4-34)32-54-68(63,64)44-23-15-40(50)16-24-44/h1-24,53-54H,25-32H2,(H,51,55)(H,52,56). The third kappa shape index (κ3) is 12.5. The first-order chi connectivity index (χ1) is 32.7. The molecule has 0 unspecified atom stereocenters. The van der Waals surface area contributed by atoms with Gasteiger partial charge >= 0.3 is 11.9 Å². The van der Waals surface area contributed by atoms with Crippen molar-refractivity contribution in [2.75, 3.05) is 36.8 Å². The van der Waals surface area contributed by atoms with Crippen molar-refractivity contribution < 1.29 is 44.9 Å². The van der Waals surface area contributed by atoms with Gasteiger partial charge in [-0.25, -0.2) is 54.6 Å². The van der Waals surface area contributed by atoms with Gasteiger partial charge in [0, 0.05) is 24.5 Å². The fraction of sp³-hybridized carbons (Fsp3) is 0.167. The second kappa shape index (κ2) is 21.0. The molecule has 6 aromatic rings. The van der Waals surface area contributed by atoms with Gasteiger partial charge in [0.05, 0.1) is 36.0 Å². The lowest BCUT2D eigenvalue weighted by Gasteiger charge is -2.21. The first-order valence-corrected chi connectivity index (χ1v) is 24.2. The van der Waals surface area contributed by atoms with Gasteiger partial charge in [-0.1, -0.05) is 72.8 Å². The van der Waals surface area contributed by atoms with Gasteiger partial charge in [0.25, 0.3) is 0 Å². The molecule has 2 aliphatic rings. The first kappa shape index (κ1) is 47.0. The summed E-state index contributed by atoms with van der Waals surface area (Å²) in [4.78, 5) is 45.2. The van der Waals surface area contributed by atoms with Crippen molar-refractivity contribution in [3.63, 3.8) is 0 Å². The number of sulfonamides is 2. The van der Waals surface area contributed by atoms with Crippen LogP contribution in [0, 0.1) is 11.6 Å². The number of halogens is 2. The molecule has 16 nitrogen and oxygen atoms in total. The Kier molecular flexibility index (Phi) is 14.5. The first-order valence-electron chi connectivity index (χ1n) is 21.2. The molecule has 0 amide bonds. The number of carbonyl (C=O) groups excluding carboxylic acids is 2. The molecule has 6 aromatic carbocycles. The number of guanidine groups is 2. The molecule has 0 atom stereocenters. The van der Waals surface area contributed by atoms with Crippen LogP contribution in [-0.2, 0) is 65.2 Å². The van der Waals surface area contributed by atoms with Gasteiger partial charge < -0.3 is 20.3 Å². The third-order valence-corrected chi connectivity index (χ3v) is 13.5. The lowest BCUT2D eigenvalue weighted by molar-refractivity contribution is -0.198. The van der Waals surface area contributed by atoms with Gasteiger partial charge in [-0.2, -0.15) is 10.1 Å². The van der Waals surface area contributed by atoms with Gasteiger partial charge in [0.1, 0.15) is 11.6 Å². The number of nitrogens with zero attached hydrogens (tertiary/aromatic N) is 4. The molecule has 0 fully saturated rings. The molecule has 4 N–H and O–H groups in total. The van der Waals surface area contributed by atoms with Crippen LogP contribution in [0.15, 0.2) is 165 Å². The number of nitrogens with one attached hydrogen (secondary N) is 4. The van der Waals surface area contributed by atoms with Crippen molar-refractivity contribution in [2.45, 2.75) is 35.7 Å². The highest BCUT2D eigenvalue weighted by Crippen LogP contribution is 2.20. The van der Waals surface area contributed by atoms with E-state index in [0.717, 1.165) is 57.6 Å². The Morgan fingerprint density at radius 2 is 0.779 bits per heavy atom. The Balaban J connectivity index is 0.757. The van der Waals surface area contributed by atoms with Gasteiger partial charge in [-0.3, -0.25) is 0 Å². The van der Waals surface area contributed by atoms with Crippen molar-refractivity contribution in [3.8, 4) is 0 Å². The summed E-state index contributed by atoms with van der Waals surface area (Å²) < 4.78 is 81.7. The normalized spacial score (nSPS) is 13.7. The molecule has 0 spiro atoms. The van der Waals surface area contributed by atoms with Crippen LogP contribution in [0.5, 0.6) is 0 Å². The van der Waals surface area contributed by atoms with Crippen molar-refractivity contribution in [2.24, 2.45) is 9.98 Å². The molecule has 0 saturated carbocycles. The van der Waals surface area contributed by atoms with Gasteiger partial charge in [-0.05, 0) is 119 Å². The molecule has 0 bridgehead atoms. The molecule has 2 aliphatic heterocycles. The van der Waals surface area contributed by atoms with Crippen LogP contribution in [0.3, 0.4) is 0 Å². The van der Waals surface area contributed by atoms with E-state index in [9.17, 15) is 35.2 Å². The fourth-order valence-corrected chi connectivity index (χ4v) is 9.00. The summed E-state index contributed by atoms with van der Waals surface area (Å²) in [6, 6.07) is 39.3. The number of rotatable bonds is 16. The SMILES string of the molecule is O=C(ON1CCN=C1Nc1ccc(Cc2ccc(CNS(=O)(=O)c3ccc(F)cc3)cc2)cc1)C(=O)ON1CCN=C1Nc1ccc(Cc2ccc(CNS(=O)(=O)c3ccc(F)cc3)cc2)cc1. The van der Waals surface area contributed by atoms with Crippen molar-refractivity contribution in [1.29, 1.82) is 0 Å². The highest BCUT2D eigenvalue weighted by atomic mass is 32.2. The summed E-state index contributed by atoms with van der Waals surface area (Å²) in [5.74, 6) is -3.06. The number of benzene rings is 6. The van der Waals surface area contributed by atoms with Crippen molar-refractivity contribution >= 4 is 55.3 Å². The largest absolute Gasteiger partial charge is 0.444 e. The minimum Gasteiger partial charge on any atom is -0.327 e. The maximum absolute atomic E-state index is 13.2. The molecule has 0 aliphatic carbocycles. The van der Waals surface area contributed by atoms with Gasteiger partial charge in [-0.15, -0.1) is 0 Å². The molecule has 0 radical (unpaired) electrons. The zero-order chi connectivity index (χ0) is 47.7. The molecular weight excluding hydrogens is 919 g/mol. The Morgan fingerprint density at radius 1 is 0.471 bits per heavy atom. The van der Waals surface area contributed by atoms with Gasteiger partial charge in [0.2, 0.25) is 32.0 Å². The van der Waals surface area contributed by atoms with E-state index in [-0.39, 0.29) is 47.9 Å². The summed E-state index contributed by atoms with van der Waals surface area (Å²) >= 11 is 0. The predicted molar refractivity (Wildman–Crippen MR) is 250 cm³/mol. The maximum atomic E-state index is 13.2. The van der Waals surface area contributed by atoms with Gasteiger partial charge in [0.15, 0.2) is 0 Å². The van der Waals surface area contributed by atoms with E-state index in [4.69, 9.17) is 9.68 Å². The lowest BCUT2D eigenvalue weighted by atomic mass is 10.0. The number of hydrogen-bond donors (Lipinski definition) is 4. The number of anilines is 2. The van der Waals surface area contributed by atoms with Crippen LogP contribution in [0.4, 0.5) is 20.2 Å². The zero-order valence-corrected chi connectivity index (χ0v) is 37.8. The quantitative estimate of drug-likeness (QED) is 0.0841. The summed E-state index contributed by atoms with van der Waals surface area (Å²) in [5.41, 5.74) is 6.87. The fourth-order valence-electron chi connectivity index (χ4n) is 6.96. The lowest BCUT2D eigenvalue weighted by Crippen LogP contribution is -2.41. The predicted octanol–water partition coefficient (Wildman–Crippen LogP) is 5.89. The molecule has 0 aromatic heterocycles. The van der Waals surface area contributed by atoms with Crippen LogP contribution in [-0.4, -0.2) is 77.0 Å². The van der Waals surface area contributed by atoms with E-state index in [1.54, 1.807) is 0 Å². The van der Waals surface area contributed by atoms with Crippen molar-refractivity contribution in [1.82, 2.24) is 19.6 Å².